The summed E-state index contributed by atoms with van der Waals surface area (Å²) in [6.07, 6.45) is 0. The molecule has 0 spiro atoms. The number of nitrogens with zero attached hydrogens (tertiary/aromatic N) is 2. The fourth-order valence-corrected chi connectivity index (χ4v) is 2.75. The third kappa shape index (κ3) is 3.47. The van der Waals surface area contributed by atoms with E-state index in [9.17, 15) is 19.7 Å². The fraction of sp³-hybridized carbons (Fsp3) is 0.250. The maximum Gasteiger partial charge on any atom is 0.433 e. The highest BCUT2D eigenvalue weighted by Gasteiger charge is 2.37. The molecule has 3 rings (SSSR count). The van der Waals surface area contributed by atoms with Crippen molar-refractivity contribution in [3.8, 4) is 5.75 Å². The summed E-state index contributed by atoms with van der Waals surface area (Å²) in [5.74, 6) is -1.25. The van der Waals surface area contributed by atoms with Gasteiger partial charge in [-0.15, -0.1) is 0 Å². The third-order valence-electron chi connectivity index (χ3n) is 3.94. The maximum absolute atomic E-state index is 12.2. The number of carbonyl (C=O) groups is 2. The minimum absolute atomic E-state index is 0.127. The third-order valence-corrected chi connectivity index (χ3v) is 4.24. The van der Waals surface area contributed by atoms with E-state index in [1.807, 2.05) is 0 Å². The van der Waals surface area contributed by atoms with E-state index in [4.69, 9.17) is 20.8 Å². The second-order valence-electron chi connectivity index (χ2n) is 5.64. The lowest BCUT2D eigenvalue weighted by molar-refractivity contribution is -0.402. The van der Waals surface area contributed by atoms with Crippen molar-refractivity contribution in [2.45, 2.75) is 0 Å². The van der Waals surface area contributed by atoms with Crippen LogP contribution in [0.4, 0.5) is 11.6 Å². The zero-order valence-electron chi connectivity index (χ0n) is 13.6. The second kappa shape index (κ2) is 7.04. The SMILES string of the molecule is COc1ccc(NC(=O)C2CN(C(=O)c3ccc([N+](=O)[O-])o3)C2)cc1Cl. The second-order valence-corrected chi connectivity index (χ2v) is 6.05. The number of ether oxygens (including phenoxy) is 1. The van der Waals surface area contributed by atoms with Crippen LogP contribution in [0.25, 0.3) is 0 Å². The van der Waals surface area contributed by atoms with Crippen molar-refractivity contribution in [3.63, 3.8) is 0 Å². The molecule has 2 amide bonds. The van der Waals surface area contributed by atoms with E-state index in [1.165, 1.54) is 18.1 Å². The van der Waals surface area contributed by atoms with Crippen molar-refractivity contribution in [1.29, 1.82) is 0 Å². The fourth-order valence-electron chi connectivity index (χ4n) is 2.50. The van der Waals surface area contributed by atoms with E-state index in [-0.39, 0.29) is 30.7 Å². The summed E-state index contributed by atoms with van der Waals surface area (Å²) >= 11 is 6.01. The lowest BCUT2D eigenvalue weighted by atomic mass is 9.98. The van der Waals surface area contributed by atoms with Gasteiger partial charge in [0.05, 0.1) is 24.1 Å². The number of nitro groups is 1. The number of hydrogen-bond acceptors (Lipinski definition) is 6. The van der Waals surface area contributed by atoms with Gasteiger partial charge in [0.2, 0.25) is 5.91 Å². The molecule has 1 N–H and O–H groups in total. The van der Waals surface area contributed by atoms with Crippen LogP contribution in [0.2, 0.25) is 5.02 Å². The minimum Gasteiger partial charge on any atom is -0.495 e. The van der Waals surface area contributed by atoms with Crippen molar-refractivity contribution in [2.24, 2.45) is 5.92 Å². The van der Waals surface area contributed by atoms with Gasteiger partial charge in [-0.3, -0.25) is 19.7 Å². The Bertz CT molecular complexity index is 875. The molecule has 1 aliphatic heterocycles. The van der Waals surface area contributed by atoms with Gasteiger partial charge in [0.25, 0.3) is 5.91 Å². The number of methoxy groups -OCH3 is 1. The van der Waals surface area contributed by atoms with Crippen LogP contribution >= 0.6 is 11.6 Å². The number of rotatable bonds is 5. The average Bonchev–Trinajstić information content (AvgIpc) is 3.03. The summed E-state index contributed by atoms with van der Waals surface area (Å²) in [6, 6.07) is 7.23. The molecule has 1 fully saturated rings. The monoisotopic (exact) mass is 379 g/mol. The van der Waals surface area contributed by atoms with E-state index in [2.05, 4.69) is 5.32 Å². The van der Waals surface area contributed by atoms with Crippen LogP contribution in [0.1, 0.15) is 10.6 Å². The van der Waals surface area contributed by atoms with E-state index >= 15 is 0 Å². The highest BCUT2D eigenvalue weighted by molar-refractivity contribution is 6.32. The number of nitrogens with one attached hydrogen (secondary N) is 1. The van der Waals surface area contributed by atoms with Crippen molar-refractivity contribution < 1.29 is 23.7 Å². The molecule has 1 aromatic carbocycles. The first-order valence-electron chi connectivity index (χ1n) is 7.57. The molecule has 136 valence electrons. The molecule has 2 aromatic rings. The average molecular weight is 380 g/mol. The Morgan fingerprint density at radius 2 is 2.08 bits per heavy atom. The lowest BCUT2D eigenvalue weighted by Gasteiger charge is -2.37. The zero-order valence-corrected chi connectivity index (χ0v) is 14.4. The molecule has 1 aromatic heterocycles. The summed E-state index contributed by atoms with van der Waals surface area (Å²) in [5, 5.41) is 13.7. The van der Waals surface area contributed by atoms with Gasteiger partial charge in [-0.25, -0.2) is 0 Å². The van der Waals surface area contributed by atoms with E-state index in [0.717, 1.165) is 6.07 Å². The number of halogens is 1. The molecular formula is C16H14ClN3O6. The Labute approximate surface area is 152 Å². The molecule has 1 aliphatic rings. The van der Waals surface area contributed by atoms with Crippen LogP contribution < -0.4 is 10.1 Å². The molecular weight excluding hydrogens is 366 g/mol. The van der Waals surface area contributed by atoms with Gasteiger partial charge < -0.3 is 19.4 Å². The van der Waals surface area contributed by atoms with Crippen LogP contribution in [-0.2, 0) is 4.79 Å². The molecule has 0 unspecified atom stereocenters. The predicted octanol–water partition coefficient (Wildman–Crippen LogP) is 2.56. The van der Waals surface area contributed by atoms with E-state index < -0.39 is 16.7 Å². The van der Waals surface area contributed by atoms with E-state index in [0.29, 0.717) is 16.5 Å². The molecule has 10 heteroatoms. The van der Waals surface area contributed by atoms with Gasteiger partial charge in [0, 0.05) is 18.8 Å². The maximum atomic E-state index is 12.2. The van der Waals surface area contributed by atoms with Gasteiger partial charge in [-0.1, -0.05) is 11.6 Å². The van der Waals surface area contributed by atoms with Crippen molar-refractivity contribution >= 4 is 35.0 Å². The first kappa shape index (κ1) is 17.7. The van der Waals surface area contributed by atoms with Crippen LogP contribution in [0.5, 0.6) is 5.75 Å². The first-order chi connectivity index (χ1) is 12.4. The Kier molecular flexibility index (Phi) is 4.81. The standard InChI is InChI=1S/C16H14ClN3O6/c1-25-12-3-2-10(6-11(12)17)18-15(21)9-7-19(8-9)16(22)13-4-5-14(26-13)20(23)24/h2-6,9H,7-8H2,1H3,(H,18,21). The smallest absolute Gasteiger partial charge is 0.433 e. The van der Waals surface area contributed by atoms with Crippen LogP contribution in [-0.4, -0.2) is 41.8 Å². The number of benzene rings is 1. The molecule has 0 saturated carbocycles. The van der Waals surface area contributed by atoms with Crippen molar-refractivity contribution in [2.75, 3.05) is 25.5 Å². The number of anilines is 1. The Morgan fingerprint density at radius 1 is 1.35 bits per heavy atom. The highest BCUT2D eigenvalue weighted by Crippen LogP contribution is 2.28. The van der Waals surface area contributed by atoms with E-state index in [1.54, 1.807) is 18.2 Å². The first-order valence-corrected chi connectivity index (χ1v) is 7.94. The van der Waals surface area contributed by atoms with Gasteiger partial charge in [-0.2, -0.15) is 0 Å². The normalized spacial score (nSPS) is 13.8. The van der Waals surface area contributed by atoms with Gasteiger partial charge in [0.15, 0.2) is 5.76 Å². The summed E-state index contributed by atoms with van der Waals surface area (Å²) in [7, 11) is 1.49. The number of carbonyl (C=O) groups excluding carboxylic acids is 2. The Morgan fingerprint density at radius 3 is 2.65 bits per heavy atom. The lowest BCUT2D eigenvalue weighted by Crippen LogP contribution is -2.54. The molecule has 1 saturated heterocycles. The van der Waals surface area contributed by atoms with Gasteiger partial charge in [0.1, 0.15) is 10.7 Å². The molecule has 0 aliphatic carbocycles. The van der Waals surface area contributed by atoms with Crippen LogP contribution in [0, 0.1) is 16.0 Å². The molecule has 26 heavy (non-hydrogen) atoms. The Balaban J connectivity index is 1.55. The quantitative estimate of drug-likeness (QED) is 0.630. The largest absolute Gasteiger partial charge is 0.495 e. The Hall–Kier alpha value is -3.07. The molecule has 0 radical (unpaired) electrons. The summed E-state index contributed by atoms with van der Waals surface area (Å²) in [5.41, 5.74) is 0.521. The van der Waals surface area contributed by atoms with Gasteiger partial charge in [-0.05, 0) is 24.3 Å². The zero-order chi connectivity index (χ0) is 18.8. The van der Waals surface area contributed by atoms with Crippen molar-refractivity contribution in [3.05, 3.63) is 51.2 Å². The number of likely N-dealkylation sites (tertiary alicyclic amines) is 1. The number of hydrogen-bond donors (Lipinski definition) is 1. The minimum atomic E-state index is -0.719. The van der Waals surface area contributed by atoms with Gasteiger partial charge >= 0.3 is 5.88 Å². The molecule has 2 heterocycles. The summed E-state index contributed by atoms with van der Waals surface area (Å²) < 4.78 is 9.92. The topological polar surface area (TPSA) is 115 Å². The van der Waals surface area contributed by atoms with Crippen LogP contribution in [0.15, 0.2) is 34.7 Å². The molecule has 0 atom stereocenters. The van der Waals surface area contributed by atoms with Crippen LogP contribution in [0.3, 0.4) is 0 Å². The predicted molar refractivity (Wildman–Crippen MR) is 91.4 cm³/mol. The highest BCUT2D eigenvalue weighted by atomic mass is 35.5. The summed E-state index contributed by atoms with van der Waals surface area (Å²) in [6.45, 7) is 0.395. The number of furan rings is 1. The summed E-state index contributed by atoms with van der Waals surface area (Å²) in [4.78, 5) is 35.6. The molecule has 0 bridgehead atoms. The molecule has 9 nitrogen and oxygen atoms in total. The van der Waals surface area contributed by atoms with Crippen molar-refractivity contribution in [1.82, 2.24) is 4.90 Å². The number of amides is 2.